The van der Waals surface area contributed by atoms with E-state index in [1.165, 1.54) is 24.0 Å². The van der Waals surface area contributed by atoms with Gasteiger partial charge in [-0.05, 0) is 62.2 Å². The van der Waals surface area contributed by atoms with Gasteiger partial charge in [0.25, 0.3) is 5.91 Å². The Balaban J connectivity index is 1.30. The zero-order valence-corrected chi connectivity index (χ0v) is 22.8. The number of alkyl halides is 3. The summed E-state index contributed by atoms with van der Waals surface area (Å²) in [6.07, 6.45) is -2.01. The minimum atomic E-state index is -4.87. The smallest absolute Gasteiger partial charge is 0.386 e. The molecular formula is C29H28F3N7O2. The predicted molar refractivity (Wildman–Crippen MR) is 147 cm³/mol. The third kappa shape index (κ3) is 7.00. The second kappa shape index (κ2) is 11.6. The number of carbonyl (C=O) groups excluding carboxylic acids is 1. The van der Waals surface area contributed by atoms with E-state index in [2.05, 4.69) is 53.8 Å². The Labute approximate surface area is 235 Å². The number of hydrogen-bond acceptors (Lipinski definition) is 7. The SMILES string of the molecule is Cc1cc(NC(=O)c2cnc(C)c(C#Cc3cnc4ccc(OC(F)(F)F)nn34)c2)ccc1CN1CCN(C)CC1. The van der Waals surface area contributed by atoms with E-state index >= 15 is 0 Å². The van der Waals surface area contributed by atoms with Gasteiger partial charge < -0.3 is 15.0 Å². The van der Waals surface area contributed by atoms with E-state index in [0.717, 1.165) is 48.9 Å². The zero-order chi connectivity index (χ0) is 29.1. The average Bonchev–Trinajstić information content (AvgIpc) is 3.32. The van der Waals surface area contributed by atoms with Gasteiger partial charge in [0.15, 0.2) is 5.65 Å². The number of halogens is 3. The number of anilines is 1. The topological polar surface area (TPSA) is 87.9 Å². The number of imidazole rings is 1. The molecule has 1 amide bonds. The number of nitrogens with zero attached hydrogens (tertiary/aromatic N) is 6. The molecule has 1 aliphatic rings. The summed E-state index contributed by atoms with van der Waals surface area (Å²) in [6, 6.07) is 9.94. The van der Waals surface area contributed by atoms with Gasteiger partial charge in [0.05, 0.1) is 17.5 Å². The monoisotopic (exact) mass is 563 g/mol. The van der Waals surface area contributed by atoms with Gasteiger partial charge in [-0.1, -0.05) is 12.0 Å². The highest BCUT2D eigenvalue weighted by Crippen LogP contribution is 2.22. The van der Waals surface area contributed by atoms with Gasteiger partial charge in [0.1, 0.15) is 5.69 Å². The van der Waals surface area contributed by atoms with E-state index in [1.807, 2.05) is 25.1 Å². The van der Waals surface area contributed by atoms with Crippen molar-refractivity contribution in [2.24, 2.45) is 0 Å². The number of aromatic nitrogens is 4. The Morgan fingerprint density at radius 1 is 1.02 bits per heavy atom. The molecule has 1 fully saturated rings. The van der Waals surface area contributed by atoms with Crippen molar-refractivity contribution >= 4 is 17.2 Å². The van der Waals surface area contributed by atoms with E-state index in [-0.39, 0.29) is 11.6 Å². The Kier molecular flexibility index (Phi) is 7.92. The van der Waals surface area contributed by atoms with Gasteiger partial charge in [-0.3, -0.25) is 14.7 Å². The van der Waals surface area contributed by atoms with Gasteiger partial charge in [-0.25, -0.2) is 9.50 Å². The molecule has 9 nitrogen and oxygen atoms in total. The predicted octanol–water partition coefficient (Wildman–Crippen LogP) is 4.04. The first-order valence-electron chi connectivity index (χ1n) is 12.9. The number of fused-ring (bicyclic) bond motifs is 1. The molecule has 0 unspecified atom stereocenters. The Morgan fingerprint density at radius 2 is 1.80 bits per heavy atom. The molecule has 1 saturated heterocycles. The van der Waals surface area contributed by atoms with Gasteiger partial charge in [0, 0.05) is 56.2 Å². The Morgan fingerprint density at radius 3 is 2.54 bits per heavy atom. The van der Waals surface area contributed by atoms with E-state index < -0.39 is 12.2 Å². The summed E-state index contributed by atoms with van der Waals surface area (Å²) in [4.78, 5) is 26.2. The van der Waals surface area contributed by atoms with Crippen LogP contribution in [-0.4, -0.2) is 74.9 Å². The zero-order valence-electron chi connectivity index (χ0n) is 22.8. The van der Waals surface area contributed by atoms with E-state index in [1.54, 1.807) is 13.0 Å². The van der Waals surface area contributed by atoms with Crippen molar-refractivity contribution in [1.82, 2.24) is 29.4 Å². The molecule has 0 saturated carbocycles. The molecule has 1 aromatic carbocycles. The molecular weight excluding hydrogens is 535 g/mol. The quantitative estimate of drug-likeness (QED) is 0.367. The highest BCUT2D eigenvalue weighted by Gasteiger charge is 2.32. The summed E-state index contributed by atoms with van der Waals surface area (Å²) in [7, 11) is 2.13. The fourth-order valence-corrected chi connectivity index (χ4v) is 4.43. The highest BCUT2D eigenvalue weighted by atomic mass is 19.4. The van der Waals surface area contributed by atoms with Crippen molar-refractivity contribution < 1.29 is 22.7 Å². The molecule has 41 heavy (non-hydrogen) atoms. The van der Waals surface area contributed by atoms with E-state index in [9.17, 15) is 18.0 Å². The molecule has 4 heterocycles. The van der Waals surface area contributed by atoms with Crippen LogP contribution in [0.25, 0.3) is 5.65 Å². The Hall–Kier alpha value is -4.47. The molecule has 0 spiro atoms. The summed E-state index contributed by atoms with van der Waals surface area (Å²) in [5.74, 6) is 4.81. The number of rotatable bonds is 5. The summed E-state index contributed by atoms with van der Waals surface area (Å²) < 4.78 is 42.8. The molecule has 0 bridgehead atoms. The van der Waals surface area contributed by atoms with Crippen molar-refractivity contribution in [3.8, 4) is 17.7 Å². The van der Waals surface area contributed by atoms with Crippen LogP contribution in [0, 0.1) is 25.7 Å². The number of nitrogens with one attached hydrogen (secondary N) is 1. The van der Waals surface area contributed by atoms with Crippen molar-refractivity contribution in [3.63, 3.8) is 0 Å². The van der Waals surface area contributed by atoms with Crippen molar-refractivity contribution in [1.29, 1.82) is 0 Å². The van der Waals surface area contributed by atoms with Crippen LogP contribution in [0.4, 0.5) is 18.9 Å². The first kappa shape index (κ1) is 28.1. The van der Waals surface area contributed by atoms with E-state index in [0.29, 0.717) is 28.2 Å². The normalized spacial score (nSPS) is 14.5. The van der Waals surface area contributed by atoms with Crippen molar-refractivity contribution in [2.45, 2.75) is 26.8 Å². The standard InChI is InChI=1S/C29H28F3N7O2/c1-19-14-24(6-4-22(19)18-38-12-10-37(3)11-13-38)35-28(40)23-15-21(20(2)33-16-23)5-7-25-17-34-26-8-9-27(36-39(25)26)41-29(30,31)32/h4,6,8-9,14-17H,10-13,18H2,1-3H3,(H,35,40). The number of ether oxygens (including phenoxy) is 1. The number of likely N-dealkylation sites (N-methyl/N-ethyl adjacent to an activating group) is 1. The highest BCUT2D eigenvalue weighted by molar-refractivity contribution is 6.04. The third-order valence-electron chi connectivity index (χ3n) is 6.82. The molecule has 4 aromatic rings. The molecule has 5 rings (SSSR count). The summed E-state index contributed by atoms with van der Waals surface area (Å²) in [5, 5.41) is 6.75. The van der Waals surface area contributed by atoms with E-state index in [4.69, 9.17) is 0 Å². The van der Waals surface area contributed by atoms with Crippen LogP contribution >= 0.6 is 0 Å². The fourth-order valence-electron chi connectivity index (χ4n) is 4.43. The first-order valence-corrected chi connectivity index (χ1v) is 12.9. The van der Waals surface area contributed by atoms with Gasteiger partial charge in [-0.15, -0.1) is 18.3 Å². The molecule has 3 aromatic heterocycles. The fraction of sp³-hybridized carbons (Fsp3) is 0.310. The van der Waals surface area contributed by atoms with Gasteiger partial charge in [0.2, 0.25) is 5.88 Å². The number of amides is 1. The number of carbonyl (C=O) groups is 1. The molecule has 0 atom stereocenters. The lowest BCUT2D eigenvalue weighted by molar-refractivity contribution is -0.276. The minimum Gasteiger partial charge on any atom is -0.386 e. The number of pyridine rings is 1. The molecule has 1 N–H and O–H groups in total. The lowest BCUT2D eigenvalue weighted by atomic mass is 10.1. The summed E-state index contributed by atoms with van der Waals surface area (Å²) in [5.41, 5.74) is 4.93. The van der Waals surface area contributed by atoms with Crippen LogP contribution in [0.5, 0.6) is 5.88 Å². The molecule has 0 aliphatic carbocycles. The largest absolute Gasteiger partial charge is 0.574 e. The second-order valence-corrected chi connectivity index (χ2v) is 9.91. The number of hydrogen-bond donors (Lipinski definition) is 1. The Bertz CT molecular complexity index is 1650. The lowest BCUT2D eigenvalue weighted by Crippen LogP contribution is -2.43. The van der Waals surface area contributed by atoms with Crippen molar-refractivity contribution in [3.05, 3.63) is 82.4 Å². The first-order chi connectivity index (χ1) is 19.5. The van der Waals surface area contributed by atoms with Crippen LogP contribution in [0.3, 0.4) is 0 Å². The lowest BCUT2D eigenvalue weighted by Gasteiger charge is -2.32. The summed E-state index contributed by atoms with van der Waals surface area (Å²) in [6.45, 7) is 8.82. The molecule has 0 radical (unpaired) electrons. The number of benzene rings is 1. The minimum absolute atomic E-state index is 0.244. The van der Waals surface area contributed by atoms with Gasteiger partial charge in [-0.2, -0.15) is 0 Å². The van der Waals surface area contributed by atoms with Gasteiger partial charge >= 0.3 is 6.36 Å². The van der Waals surface area contributed by atoms with Crippen LogP contribution < -0.4 is 10.1 Å². The third-order valence-corrected chi connectivity index (χ3v) is 6.82. The molecule has 212 valence electrons. The average molecular weight is 564 g/mol. The summed E-state index contributed by atoms with van der Waals surface area (Å²) >= 11 is 0. The maximum absolute atomic E-state index is 13.0. The molecule has 12 heteroatoms. The molecule has 1 aliphatic heterocycles. The van der Waals surface area contributed by atoms with Crippen LogP contribution in [0.15, 0.2) is 48.8 Å². The van der Waals surface area contributed by atoms with Crippen molar-refractivity contribution in [2.75, 3.05) is 38.5 Å². The maximum atomic E-state index is 13.0. The second-order valence-electron chi connectivity index (χ2n) is 9.91. The van der Waals surface area contributed by atoms with Crippen LogP contribution in [0.2, 0.25) is 0 Å². The van der Waals surface area contributed by atoms with Crippen LogP contribution in [-0.2, 0) is 6.54 Å². The number of aryl methyl sites for hydroxylation is 2. The van der Waals surface area contributed by atoms with Crippen LogP contribution in [0.1, 0.15) is 38.4 Å². The number of piperazine rings is 1. The maximum Gasteiger partial charge on any atom is 0.574 e.